The molecule has 0 atom stereocenters. The van der Waals surface area contributed by atoms with Gasteiger partial charge in [-0.1, -0.05) is 0 Å². The highest BCUT2D eigenvalue weighted by atomic mass is 32.1. The largest absolute Gasteiger partial charge is 0.507 e. The molecular formula is C16H11N5O2S. The third-order valence-electron chi connectivity index (χ3n) is 3.42. The van der Waals surface area contributed by atoms with Crippen molar-refractivity contribution < 1.29 is 9.90 Å². The number of carbonyl (C=O) groups is 1. The smallest absolute Gasteiger partial charge is 0.168 e. The highest BCUT2D eigenvalue weighted by Crippen LogP contribution is 2.34. The second-order valence-corrected chi connectivity index (χ2v) is 5.79. The highest BCUT2D eigenvalue weighted by molar-refractivity contribution is 7.11. The highest BCUT2D eigenvalue weighted by Gasteiger charge is 2.13. The summed E-state index contributed by atoms with van der Waals surface area (Å²) in [4.78, 5) is 15.6. The van der Waals surface area contributed by atoms with Gasteiger partial charge in [0.15, 0.2) is 10.8 Å². The third-order valence-corrected chi connectivity index (χ3v) is 4.17. The Hall–Kier alpha value is -3.18. The van der Waals surface area contributed by atoms with Crippen LogP contribution < -0.4 is 0 Å². The number of phenolic OH excluding ortho intramolecular Hbond substituents is 1. The number of azo groups is 1. The SMILES string of the molecule is CC(=O)c1cc(/N=N/c2snc3c(C#N)c(C)ncc23)ccc1O. The minimum absolute atomic E-state index is 0.0944. The van der Waals surface area contributed by atoms with Gasteiger partial charge >= 0.3 is 0 Å². The van der Waals surface area contributed by atoms with Gasteiger partial charge in [0, 0.05) is 6.20 Å². The first kappa shape index (κ1) is 15.7. The van der Waals surface area contributed by atoms with Crippen LogP contribution in [-0.2, 0) is 0 Å². The molecule has 1 N–H and O–H groups in total. The average molecular weight is 337 g/mol. The van der Waals surface area contributed by atoms with Gasteiger partial charge in [0.25, 0.3) is 0 Å². The van der Waals surface area contributed by atoms with Crippen LogP contribution in [-0.4, -0.2) is 20.2 Å². The minimum Gasteiger partial charge on any atom is -0.507 e. The van der Waals surface area contributed by atoms with Crippen LogP contribution in [0.1, 0.15) is 28.5 Å². The number of benzene rings is 1. The van der Waals surface area contributed by atoms with E-state index < -0.39 is 0 Å². The molecule has 0 saturated carbocycles. The molecule has 2 heterocycles. The number of hydrogen-bond donors (Lipinski definition) is 1. The topological polar surface area (TPSA) is 112 Å². The number of pyridine rings is 1. The molecule has 24 heavy (non-hydrogen) atoms. The van der Waals surface area contributed by atoms with Gasteiger partial charge < -0.3 is 5.11 Å². The Morgan fingerprint density at radius 3 is 2.88 bits per heavy atom. The zero-order valence-corrected chi connectivity index (χ0v) is 13.6. The molecular weight excluding hydrogens is 326 g/mol. The van der Waals surface area contributed by atoms with E-state index in [0.717, 1.165) is 11.5 Å². The lowest BCUT2D eigenvalue weighted by atomic mass is 10.1. The van der Waals surface area contributed by atoms with Crippen molar-refractivity contribution >= 4 is 38.9 Å². The zero-order chi connectivity index (χ0) is 17.3. The number of phenols is 1. The molecule has 0 aliphatic heterocycles. The summed E-state index contributed by atoms with van der Waals surface area (Å²) in [6, 6.07) is 6.51. The lowest BCUT2D eigenvalue weighted by Crippen LogP contribution is -1.91. The number of nitrogens with zero attached hydrogens (tertiary/aromatic N) is 5. The fourth-order valence-corrected chi connectivity index (χ4v) is 2.85. The molecule has 1 aromatic carbocycles. The van der Waals surface area contributed by atoms with Crippen LogP contribution in [0.15, 0.2) is 34.6 Å². The molecule has 2 aromatic heterocycles. The van der Waals surface area contributed by atoms with Gasteiger partial charge in [0.05, 0.1) is 22.3 Å². The Morgan fingerprint density at radius 1 is 1.38 bits per heavy atom. The lowest BCUT2D eigenvalue weighted by molar-refractivity contribution is 0.101. The summed E-state index contributed by atoms with van der Waals surface area (Å²) in [7, 11) is 0. The molecule has 0 fully saturated rings. The Balaban J connectivity index is 2.02. The normalized spacial score (nSPS) is 11.0. The maximum absolute atomic E-state index is 11.4. The first-order chi connectivity index (χ1) is 11.5. The van der Waals surface area contributed by atoms with Crippen LogP contribution in [0, 0.1) is 18.3 Å². The molecule has 8 heteroatoms. The average Bonchev–Trinajstić information content (AvgIpc) is 2.97. The van der Waals surface area contributed by atoms with Gasteiger partial charge in [-0.15, -0.1) is 10.2 Å². The van der Waals surface area contributed by atoms with Crippen LogP contribution in [0.25, 0.3) is 10.9 Å². The van der Waals surface area contributed by atoms with Gasteiger partial charge in [-0.05, 0) is 43.6 Å². The standard InChI is InChI=1S/C16H11N5O2S/c1-8-12(6-17)15-13(7-18-8)16(24-21-15)20-19-10-3-4-14(23)11(5-10)9(2)22/h3-5,7,23H,1-2H3/b20-19+. The molecule has 0 radical (unpaired) electrons. The van der Waals surface area contributed by atoms with Gasteiger partial charge in [0.1, 0.15) is 22.9 Å². The number of hydrogen-bond acceptors (Lipinski definition) is 8. The van der Waals surface area contributed by atoms with Gasteiger partial charge in [-0.2, -0.15) is 9.64 Å². The Labute approximate surface area is 141 Å². The predicted octanol–water partition coefficient (Wildman–Crippen LogP) is 4.20. The molecule has 0 aliphatic carbocycles. The van der Waals surface area contributed by atoms with Gasteiger partial charge in [-0.25, -0.2) is 0 Å². The van der Waals surface area contributed by atoms with E-state index in [1.807, 2.05) is 0 Å². The van der Waals surface area contributed by atoms with Gasteiger partial charge in [-0.3, -0.25) is 9.78 Å². The van der Waals surface area contributed by atoms with Crippen molar-refractivity contribution in [2.45, 2.75) is 13.8 Å². The van der Waals surface area contributed by atoms with Crippen molar-refractivity contribution in [2.24, 2.45) is 10.2 Å². The molecule has 0 spiro atoms. The Bertz CT molecular complexity index is 1030. The van der Waals surface area contributed by atoms with Crippen LogP contribution in [0.4, 0.5) is 10.7 Å². The number of aryl methyl sites for hydroxylation is 1. The fraction of sp³-hybridized carbons (Fsp3) is 0.125. The zero-order valence-electron chi connectivity index (χ0n) is 12.8. The summed E-state index contributed by atoms with van der Waals surface area (Å²) in [5, 5.41) is 28.2. The quantitative estimate of drug-likeness (QED) is 0.568. The number of carbonyl (C=O) groups excluding carboxylic acids is 1. The molecule has 0 aliphatic rings. The molecule has 0 saturated heterocycles. The molecule has 0 unspecified atom stereocenters. The third kappa shape index (κ3) is 2.73. The maximum Gasteiger partial charge on any atom is 0.168 e. The summed E-state index contributed by atoms with van der Waals surface area (Å²) in [5.41, 5.74) is 2.21. The first-order valence-corrected chi connectivity index (χ1v) is 7.69. The van der Waals surface area contributed by atoms with E-state index in [-0.39, 0.29) is 17.1 Å². The summed E-state index contributed by atoms with van der Waals surface area (Å²) in [6.07, 6.45) is 1.61. The summed E-state index contributed by atoms with van der Waals surface area (Å²) >= 11 is 1.12. The van der Waals surface area contributed by atoms with Crippen LogP contribution in [0.3, 0.4) is 0 Å². The summed E-state index contributed by atoms with van der Waals surface area (Å²) < 4.78 is 4.25. The van der Waals surface area contributed by atoms with Crippen molar-refractivity contribution in [1.82, 2.24) is 9.36 Å². The predicted molar refractivity (Wildman–Crippen MR) is 89.2 cm³/mol. The van der Waals surface area contributed by atoms with Crippen molar-refractivity contribution in [3.05, 3.63) is 41.2 Å². The Kier molecular flexibility index (Phi) is 4.02. The van der Waals surface area contributed by atoms with E-state index in [2.05, 4.69) is 25.7 Å². The van der Waals surface area contributed by atoms with E-state index >= 15 is 0 Å². The van der Waals surface area contributed by atoms with Crippen molar-refractivity contribution in [1.29, 1.82) is 5.26 Å². The van der Waals surface area contributed by atoms with E-state index in [1.54, 1.807) is 19.2 Å². The number of rotatable bonds is 3. The van der Waals surface area contributed by atoms with Crippen molar-refractivity contribution in [3.63, 3.8) is 0 Å². The number of aromatic hydroxyl groups is 1. The first-order valence-electron chi connectivity index (χ1n) is 6.92. The van der Waals surface area contributed by atoms with E-state index in [4.69, 9.17) is 0 Å². The van der Waals surface area contributed by atoms with Crippen molar-refractivity contribution in [3.8, 4) is 11.8 Å². The molecule has 3 aromatic rings. The summed E-state index contributed by atoms with van der Waals surface area (Å²) in [6.45, 7) is 3.11. The van der Waals surface area contributed by atoms with Gasteiger partial charge in [0.2, 0.25) is 0 Å². The maximum atomic E-state index is 11.4. The number of aromatic nitrogens is 2. The number of fused-ring (bicyclic) bond motifs is 1. The van der Waals surface area contributed by atoms with E-state index in [1.165, 1.54) is 19.1 Å². The van der Waals surface area contributed by atoms with E-state index in [0.29, 0.717) is 32.8 Å². The van der Waals surface area contributed by atoms with Crippen LogP contribution >= 0.6 is 11.5 Å². The van der Waals surface area contributed by atoms with E-state index in [9.17, 15) is 15.2 Å². The van der Waals surface area contributed by atoms with Crippen LogP contribution in [0.5, 0.6) is 5.75 Å². The monoisotopic (exact) mass is 337 g/mol. The number of nitriles is 1. The lowest BCUT2D eigenvalue weighted by Gasteiger charge is -2.00. The molecule has 0 bridgehead atoms. The number of Topliss-reactive ketones (excluding diaryl/α,β-unsaturated/α-hetero) is 1. The molecule has 3 rings (SSSR count). The molecule has 7 nitrogen and oxygen atoms in total. The van der Waals surface area contributed by atoms with Crippen molar-refractivity contribution in [2.75, 3.05) is 0 Å². The van der Waals surface area contributed by atoms with Crippen LogP contribution in [0.2, 0.25) is 0 Å². The summed E-state index contributed by atoms with van der Waals surface area (Å²) in [5.74, 6) is -0.353. The Morgan fingerprint density at radius 2 is 2.17 bits per heavy atom. The second-order valence-electron chi connectivity index (χ2n) is 5.04. The second kappa shape index (κ2) is 6.14. The molecule has 0 amide bonds. The minimum atomic E-state index is -0.258. The fourth-order valence-electron chi connectivity index (χ4n) is 2.16. The number of ketones is 1. The molecule has 118 valence electrons.